The summed E-state index contributed by atoms with van der Waals surface area (Å²) in [5, 5.41) is 10.9. The molecule has 1 atom stereocenters. The second-order valence-electron chi connectivity index (χ2n) is 6.43. The number of aryl methyl sites for hydroxylation is 1. The molecule has 1 fully saturated rings. The van der Waals surface area contributed by atoms with E-state index in [1.165, 1.54) is 4.90 Å². The van der Waals surface area contributed by atoms with E-state index in [9.17, 15) is 14.7 Å². The van der Waals surface area contributed by atoms with Gasteiger partial charge in [0.05, 0.1) is 18.4 Å². The number of hydrogen-bond acceptors (Lipinski definition) is 5. The maximum Gasteiger partial charge on any atom is 0.295 e. The molecule has 1 unspecified atom stereocenters. The summed E-state index contributed by atoms with van der Waals surface area (Å²) in [4.78, 5) is 31.1. The molecule has 6 heteroatoms. The number of Topliss-reactive ketones (excluding diaryl/α,β-unsaturated/α-hetero) is 1. The van der Waals surface area contributed by atoms with Gasteiger partial charge in [0.25, 0.3) is 11.7 Å². The molecule has 27 heavy (non-hydrogen) atoms. The Labute approximate surface area is 158 Å². The van der Waals surface area contributed by atoms with Gasteiger partial charge in [-0.15, -0.1) is 0 Å². The molecular formula is C21H22N2O4. The molecule has 1 N–H and O–H groups in total. The van der Waals surface area contributed by atoms with Gasteiger partial charge in [0.2, 0.25) is 0 Å². The number of aromatic nitrogens is 1. The highest BCUT2D eigenvalue weighted by Crippen LogP contribution is 2.39. The van der Waals surface area contributed by atoms with Crippen molar-refractivity contribution in [3.8, 4) is 5.75 Å². The molecule has 1 aliphatic rings. The summed E-state index contributed by atoms with van der Waals surface area (Å²) in [5.41, 5.74) is 1.90. The van der Waals surface area contributed by atoms with Gasteiger partial charge in [0.1, 0.15) is 17.6 Å². The molecule has 6 nitrogen and oxygen atoms in total. The van der Waals surface area contributed by atoms with Crippen LogP contribution in [0.2, 0.25) is 0 Å². The van der Waals surface area contributed by atoms with Gasteiger partial charge in [-0.3, -0.25) is 14.6 Å². The molecule has 0 spiro atoms. The van der Waals surface area contributed by atoms with Crippen LogP contribution in [-0.2, 0) is 9.59 Å². The third-order valence-electron chi connectivity index (χ3n) is 4.64. The van der Waals surface area contributed by atoms with Crippen LogP contribution in [0.3, 0.4) is 0 Å². The van der Waals surface area contributed by atoms with Gasteiger partial charge in [-0.25, -0.2) is 0 Å². The number of amides is 1. The van der Waals surface area contributed by atoms with E-state index < -0.39 is 17.7 Å². The number of carbonyl (C=O) groups excluding carboxylic acids is 2. The summed E-state index contributed by atoms with van der Waals surface area (Å²) in [7, 11) is 1.57. The molecule has 3 rings (SSSR count). The number of likely N-dealkylation sites (tertiary alicyclic amines) is 1. The van der Waals surface area contributed by atoms with Gasteiger partial charge in [-0.2, -0.15) is 0 Å². The molecule has 0 radical (unpaired) electrons. The second-order valence-corrected chi connectivity index (χ2v) is 6.43. The normalized spacial score (nSPS) is 18.8. The minimum Gasteiger partial charge on any atom is -0.507 e. The van der Waals surface area contributed by atoms with Crippen molar-refractivity contribution in [1.29, 1.82) is 0 Å². The van der Waals surface area contributed by atoms with Crippen molar-refractivity contribution in [1.82, 2.24) is 9.88 Å². The summed E-state index contributed by atoms with van der Waals surface area (Å²) >= 11 is 0. The van der Waals surface area contributed by atoms with E-state index in [-0.39, 0.29) is 11.3 Å². The Morgan fingerprint density at radius 3 is 2.63 bits per heavy atom. The predicted molar refractivity (Wildman–Crippen MR) is 101 cm³/mol. The number of pyridine rings is 1. The number of rotatable bonds is 5. The Hall–Kier alpha value is -3.15. The van der Waals surface area contributed by atoms with Crippen LogP contribution in [-0.4, -0.2) is 40.3 Å². The average Bonchev–Trinajstić information content (AvgIpc) is 2.93. The third-order valence-corrected chi connectivity index (χ3v) is 4.64. The molecule has 0 aliphatic carbocycles. The Morgan fingerprint density at radius 1 is 1.26 bits per heavy atom. The first kappa shape index (κ1) is 18.6. The number of ether oxygens (including phenoxy) is 1. The Kier molecular flexibility index (Phi) is 5.26. The van der Waals surface area contributed by atoms with E-state index in [0.29, 0.717) is 30.0 Å². The fraction of sp³-hybridized carbons (Fsp3) is 0.286. The maximum absolute atomic E-state index is 12.7. The maximum atomic E-state index is 12.7. The number of benzene rings is 1. The molecule has 1 amide bonds. The fourth-order valence-corrected chi connectivity index (χ4v) is 3.38. The number of aliphatic hydroxyl groups is 1. The molecule has 140 valence electrons. The number of ketones is 1. The van der Waals surface area contributed by atoms with Gasteiger partial charge >= 0.3 is 0 Å². The van der Waals surface area contributed by atoms with Gasteiger partial charge in [-0.1, -0.05) is 13.0 Å². The lowest BCUT2D eigenvalue weighted by Crippen LogP contribution is -2.30. The number of carbonyl (C=O) groups is 2. The molecule has 1 aromatic carbocycles. The van der Waals surface area contributed by atoms with Gasteiger partial charge in [-0.05, 0) is 49.2 Å². The van der Waals surface area contributed by atoms with Gasteiger partial charge in [0, 0.05) is 18.3 Å². The van der Waals surface area contributed by atoms with Crippen LogP contribution >= 0.6 is 0 Å². The van der Waals surface area contributed by atoms with Crippen LogP contribution in [0.25, 0.3) is 5.76 Å². The summed E-state index contributed by atoms with van der Waals surface area (Å²) in [6.45, 7) is 4.19. The molecule has 0 bridgehead atoms. The number of hydrogen-bond donors (Lipinski definition) is 1. The second kappa shape index (κ2) is 7.61. The van der Waals surface area contributed by atoms with E-state index in [1.54, 1.807) is 49.7 Å². The minimum atomic E-state index is -0.700. The third kappa shape index (κ3) is 3.30. The summed E-state index contributed by atoms with van der Waals surface area (Å²) in [5.74, 6) is -0.822. The molecule has 1 aromatic heterocycles. The average molecular weight is 366 g/mol. The van der Waals surface area contributed by atoms with E-state index in [2.05, 4.69) is 4.98 Å². The highest BCUT2D eigenvalue weighted by atomic mass is 16.5. The molecular weight excluding hydrogens is 344 g/mol. The SMILES string of the molecule is CCCN1C(=O)C(=O)/C(=C(\O)c2ccc(OC)c(C)c2)C1c1ccccn1. The van der Waals surface area contributed by atoms with Gasteiger partial charge in [0.15, 0.2) is 0 Å². The van der Waals surface area contributed by atoms with Crippen LogP contribution in [0.5, 0.6) is 5.75 Å². The zero-order valence-corrected chi connectivity index (χ0v) is 15.6. The van der Waals surface area contributed by atoms with Crippen molar-refractivity contribution in [2.24, 2.45) is 0 Å². The largest absolute Gasteiger partial charge is 0.507 e. The first-order valence-corrected chi connectivity index (χ1v) is 8.84. The standard InChI is InChI=1S/C21H22N2O4/c1-4-11-23-18(15-7-5-6-10-22-15)17(20(25)21(23)26)19(24)14-8-9-16(27-3)13(2)12-14/h5-10,12,18,24H,4,11H2,1-3H3/b19-17-. The highest BCUT2D eigenvalue weighted by Gasteiger charge is 2.46. The number of aliphatic hydroxyl groups excluding tert-OH is 1. The quantitative estimate of drug-likeness (QED) is 0.499. The molecule has 1 saturated heterocycles. The molecule has 2 heterocycles. The predicted octanol–water partition coefficient (Wildman–Crippen LogP) is 3.23. The minimum absolute atomic E-state index is 0.0664. The smallest absolute Gasteiger partial charge is 0.295 e. The van der Waals surface area contributed by atoms with Gasteiger partial charge < -0.3 is 14.7 Å². The zero-order chi connectivity index (χ0) is 19.6. The van der Waals surface area contributed by atoms with Crippen LogP contribution in [0.4, 0.5) is 0 Å². The van der Waals surface area contributed by atoms with E-state index in [0.717, 1.165) is 5.56 Å². The van der Waals surface area contributed by atoms with Crippen molar-refractivity contribution in [2.45, 2.75) is 26.3 Å². The fourth-order valence-electron chi connectivity index (χ4n) is 3.38. The van der Waals surface area contributed by atoms with Crippen LogP contribution < -0.4 is 4.74 Å². The summed E-state index contributed by atoms with van der Waals surface area (Å²) in [6, 6.07) is 9.75. The van der Waals surface area contributed by atoms with Crippen LogP contribution in [0.1, 0.15) is 36.2 Å². The first-order valence-electron chi connectivity index (χ1n) is 8.84. The molecule has 1 aliphatic heterocycles. The summed E-state index contributed by atoms with van der Waals surface area (Å²) < 4.78 is 5.25. The molecule has 0 saturated carbocycles. The van der Waals surface area contributed by atoms with Crippen molar-refractivity contribution in [3.05, 3.63) is 65.0 Å². The van der Waals surface area contributed by atoms with E-state index in [1.807, 2.05) is 13.8 Å². The zero-order valence-electron chi connectivity index (χ0n) is 15.6. The monoisotopic (exact) mass is 366 g/mol. The number of nitrogens with zero attached hydrogens (tertiary/aromatic N) is 2. The van der Waals surface area contributed by atoms with Crippen molar-refractivity contribution in [2.75, 3.05) is 13.7 Å². The number of methoxy groups -OCH3 is 1. The Morgan fingerprint density at radius 2 is 2.04 bits per heavy atom. The van der Waals surface area contributed by atoms with E-state index >= 15 is 0 Å². The van der Waals surface area contributed by atoms with Crippen molar-refractivity contribution >= 4 is 17.4 Å². The lowest BCUT2D eigenvalue weighted by Gasteiger charge is -2.23. The topological polar surface area (TPSA) is 79.7 Å². The lowest BCUT2D eigenvalue weighted by atomic mass is 9.97. The van der Waals surface area contributed by atoms with Crippen LogP contribution in [0, 0.1) is 6.92 Å². The Bertz CT molecular complexity index is 906. The Balaban J connectivity index is 2.17. The van der Waals surface area contributed by atoms with E-state index in [4.69, 9.17) is 4.74 Å². The first-order chi connectivity index (χ1) is 13.0. The van der Waals surface area contributed by atoms with Crippen LogP contribution in [0.15, 0.2) is 48.2 Å². The summed E-state index contributed by atoms with van der Waals surface area (Å²) in [6.07, 6.45) is 2.30. The highest BCUT2D eigenvalue weighted by molar-refractivity contribution is 6.46. The lowest BCUT2D eigenvalue weighted by molar-refractivity contribution is -0.139. The molecule has 2 aromatic rings. The van der Waals surface area contributed by atoms with Crippen molar-refractivity contribution in [3.63, 3.8) is 0 Å². The van der Waals surface area contributed by atoms with Crippen molar-refractivity contribution < 1.29 is 19.4 Å².